The standard InChI is InChI=1S/C22H37NO3/c1-4-19(26)23-20-18(25)12-17-15-6-5-13-11-14(24)7-9-21(13,2)16(15)8-10-22(17,20)3/h13-18,20,24-25H,4-12H2,1-3H3,(H,23,26)/t13-,14-,15+,16-,17-,18+,20-,21-,22-/m0/s1. The second-order valence-electron chi connectivity index (χ2n) is 10.3. The van der Waals surface area contributed by atoms with E-state index in [0.29, 0.717) is 29.6 Å². The van der Waals surface area contributed by atoms with Crippen molar-refractivity contribution in [3.63, 3.8) is 0 Å². The Labute approximate surface area is 158 Å². The van der Waals surface area contributed by atoms with Crippen molar-refractivity contribution in [1.82, 2.24) is 5.32 Å². The van der Waals surface area contributed by atoms with Crippen LogP contribution in [0.4, 0.5) is 0 Å². The van der Waals surface area contributed by atoms with Crippen molar-refractivity contribution in [1.29, 1.82) is 0 Å². The average Bonchev–Trinajstić information content (AvgIpc) is 2.86. The molecule has 0 unspecified atom stereocenters. The van der Waals surface area contributed by atoms with E-state index in [-0.39, 0.29) is 23.5 Å². The first-order valence-corrected chi connectivity index (χ1v) is 10.9. The lowest BCUT2D eigenvalue weighted by atomic mass is 9.45. The zero-order valence-corrected chi connectivity index (χ0v) is 16.7. The second-order valence-corrected chi connectivity index (χ2v) is 10.3. The molecule has 9 atom stereocenters. The molecule has 4 aliphatic rings. The molecule has 0 aromatic heterocycles. The molecule has 4 fully saturated rings. The molecule has 0 aliphatic heterocycles. The van der Waals surface area contributed by atoms with Crippen molar-refractivity contribution in [2.45, 2.75) is 96.8 Å². The van der Waals surface area contributed by atoms with Crippen molar-refractivity contribution >= 4 is 5.91 Å². The first kappa shape index (κ1) is 18.7. The van der Waals surface area contributed by atoms with Crippen LogP contribution in [0.25, 0.3) is 0 Å². The first-order chi connectivity index (χ1) is 12.3. The molecule has 4 heteroatoms. The molecule has 3 N–H and O–H groups in total. The Balaban J connectivity index is 1.58. The third-order valence-corrected chi connectivity index (χ3v) is 9.30. The molecule has 0 aromatic carbocycles. The van der Waals surface area contributed by atoms with Crippen LogP contribution >= 0.6 is 0 Å². The van der Waals surface area contributed by atoms with Crippen molar-refractivity contribution in [2.75, 3.05) is 0 Å². The Hall–Kier alpha value is -0.610. The Morgan fingerprint density at radius 2 is 1.73 bits per heavy atom. The number of hydrogen-bond donors (Lipinski definition) is 3. The number of aliphatic hydroxyl groups excluding tert-OH is 2. The molecule has 4 aliphatic carbocycles. The maximum Gasteiger partial charge on any atom is 0.220 e. The van der Waals surface area contributed by atoms with Gasteiger partial charge in [-0.2, -0.15) is 0 Å². The van der Waals surface area contributed by atoms with Gasteiger partial charge >= 0.3 is 0 Å². The van der Waals surface area contributed by atoms with Gasteiger partial charge in [-0.1, -0.05) is 20.8 Å². The Morgan fingerprint density at radius 3 is 2.46 bits per heavy atom. The average molecular weight is 364 g/mol. The number of carbonyl (C=O) groups is 1. The summed E-state index contributed by atoms with van der Waals surface area (Å²) in [6.07, 6.45) is 8.70. The lowest BCUT2D eigenvalue weighted by Crippen LogP contribution is -2.57. The van der Waals surface area contributed by atoms with Crippen LogP contribution in [0.1, 0.15) is 78.6 Å². The van der Waals surface area contributed by atoms with Gasteiger partial charge in [0.2, 0.25) is 5.91 Å². The van der Waals surface area contributed by atoms with E-state index in [1.807, 2.05) is 6.92 Å². The summed E-state index contributed by atoms with van der Waals surface area (Å²) in [5.41, 5.74) is 0.391. The van der Waals surface area contributed by atoms with Crippen LogP contribution in [0.5, 0.6) is 0 Å². The molecule has 148 valence electrons. The Bertz CT molecular complexity index is 566. The summed E-state index contributed by atoms with van der Waals surface area (Å²) in [5.74, 6) is 2.64. The molecular formula is C22H37NO3. The SMILES string of the molecule is CCC(=O)N[C@H]1[C@H](O)C[C@H]2[C@@H]3CC[C@H]4C[C@@H](O)CC[C@]4(C)[C@H]3CC[C@@]21C. The minimum absolute atomic E-state index is 0.0305. The van der Waals surface area contributed by atoms with Gasteiger partial charge in [0.15, 0.2) is 0 Å². The Kier molecular flexibility index (Phi) is 4.67. The molecular weight excluding hydrogens is 326 g/mol. The summed E-state index contributed by atoms with van der Waals surface area (Å²) in [7, 11) is 0. The Morgan fingerprint density at radius 1 is 1.00 bits per heavy atom. The van der Waals surface area contributed by atoms with Gasteiger partial charge in [0.05, 0.1) is 18.2 Å². The normalized spacial score (nSPS) is 53.3. The van der Waals surface area contributed by atoms with Gasteiger partial charge in [-0.05, 0) is 85.9 Å². The number of hydrogen-bond acceptors (Lipinski definition) is 3. The lowest BCUT2D eigenvalue weighted by Gasteiger charge is -2.60. The van der Waals surface area contributed by atoms with E-state index in [2.05, 4.69) is 19.2 Å². The van der Waals surface area contributed by atoms with E-state index >= 15 is 0 Å². The van der Waals surface area contributed by atoms with Gasteiger partial charge < -0.3 is 15.5 Å². The number of carbonyl (C=O) groups excluding carboxylic acids is 1. The topological polar surface area (TPSA) is 69.6 Å². The summed E-state index contributed by atoms with van der Waals surface area (Å²) in [6, 6.07) is -0.0837. The highest BCUT2D eigenvalue weighted by Gasteiger charge is 2.62. The van der Waals surface area contributed by atoms with Crippen molar-refractivity contribution in [2.24, 2.45) is 34.5 Å². The summed E-state index contributed by atoms with van der Waals surface area (Å²) >= 11 is 0. The molecule has 0 aromatic rings. The first-order valence-electron chi connectivity index (χ1n) is 10.9. The smallest absolute Gasteiger partial charge is 0.220 e. The van der Waals surface area contributed by atoms with Crippen LogP contribution in [0, 0.1) is 34.5 Å². The zero-order chi connectivity index (χ0) is 18.7. The molecule has 0 radical (unpaired) electrons. The molecule has 26 heavy (non-hydrogen) atoms. The minimum Gasteiger partial charge on any atom is -0.393 e. The zero-order valence-electron chi connectivity index (χ0n) is 16.7. The maximum absolute atomic E-state index is 12.0. The van der Waals surface area contributed by atoms with Gasteiger partial charge in [0, 0.05) is 6.42 Å². The van der Waals surface area contributed by atoms with Crippen molar-refractivity contribution in [3.05, 3.63) is 0 Å². The molecule has 4 rings (SSSR count). The number of amides is 1. The predicted octanol–water partition coefficient (Wildman–Crippen LogP) is 3.26. The molecule has 4 saturated carbocycles. The van der Waals surface area contributed by atoms with Crippen LogP contribution in [0.15, 0.2) is 0 Å². The summed E-state index contributed by atoms with van der Waals surface area (Å²) in [4.78, 5) is 12.0. The van der Waals surface area contributed by atoms with Gasteiger partial charge in [0.1, 0.15) is 0 Å². The van der Waals surface area contributed by atoms with E-state index in [0.717, 1.165) is 38.0 Å². The van der Waals surface area contributed by atoms with Gasteiger partial charge in [0.25, 0.3) is 0 Å². The highest BCUT2D eigenvalue weighted by Crippen LogP contribution is 2.66. The lowest BCUT2D eigenvalue weighted by molar-refractivity contribution is -0.130. The molecule has 0 heterocycles. The predicted molar refractivity (Wildman–Crippen MR) is 101 cm³/mol. The number of rotatable bonds is 2. The van der Waals surface area contributed by atoms with E-state index < -0.39 is 6.10 Å². The quantitative estimate of drug-likeness (QED) is 0.705. The highest BCUT2D eigenvalue weighted by atomic mass is 16.3. The van der Waals surface area contributed by atoms with Crippen LogP contribution < -0.4 is 5.32 Å². The van der Waals surface area contributed by atoms with E-state index in [4.69, 9.17) is 0 Å². The van der Waals surface area contributed by atoms with Crippen LogP contribution in [0.2, 0.25) is 0 Å². The number of fused-ring (bicyclic) bond motifs is 5. The van der Waals surface area contributed by atoms with Gasteiger partial charge in [-0.25, -0.2) is 0 Å². The molecule has 0 bridgehead atoms. The van der Waals surface area contributed by atoms with E-state index in [1.165, 1.54) is 19.3 Å². The number of aliphatic hydroxyl groups is 2. The van der Waals surface area contributed by atoms with Crippen LogP contribution in [-0.4, -0.2) is 34.4 Å². The van der Waals surface area contributed by atoms with Crippen LogP contribution in [-0.2, 0) is 4.79 Å². The van der Waals surface area contributed by atoms with Crippen molar-refractivity contribution in [3.8, 4) is 0 Å². The molecule has 0 saturated heterocycles. The second kappa shape index (κ2) is 6.48. The third-order valence-electron chi connectivity index (χ3n) is 9.30. The van der Waals surface area contributed by atoms with Gasteiger partial charge in [-0.15, -0.1) is 0 Å². The fraction of sp³-hybridized carbons (Fsp3) is 0.955. The summed E-state index contributed by atoms with van der Waals surface area (Å²) < 4.78 is 0. The molecule has 0 spiro atoms. The summed E-state index contributed by atoms with van der Waals surface area (Å²) in [6.45, 7) is 6.70. The van der Waals surface area contributed by atoms with Crippen LogP contribution in [0.3, 0.4) is 0 Å². The molecule has 1 amide bonds. The van der Waals surface area contributed by atoms with E-state index in [1.54, 1.807) is 0 Å². The fourth-order valence-corrected chi connectivity index (χ4v) is 7.79. The molecule has 4 nitrogen and oxygen atoms in total. The monoisotopic (exact) mass is 363 g/mol. The van der Waals surface area contributed by atoms with Gasteiger partial charge in [-0.3, -0.25) is 4.79 Å². The third kappa shape index (κ3) is 2.66. The summed E-state index contributed by atoms with van der Waals surface area (Å²) in [5, 5.41) is 24.1. The highest BCUT2D eigenvalue weighted by molar-refractivity contribution is 5.76. The van der Waals surface area contributed by atoms with E-state index in [9.17, 15) is 15.0 Å². The minimum atomic E-state index is -0.405. The fourth-order valence-electron chi connectivity index (χ4n) is 7.79. The van der Waals surface area contributed by atoms with Crippen molar-refractivity contribution < 1.29 is 15.0 Å². The maximum atomic E-state index is 12.0. The largest absolute Gasteiger partial charge is 0.393 e. The number of nitrogens with one attached hydrogen (secondary N) is 1.